The lowest BCUT2D eigenvalue weighted by Crippen LogP contribution is -2.59. The lowest BCUT2D eigenvalue weighted by molar-refractivity contribution is -0.160. The summed E-state index contributed by atoms with van der Waals surface area (Å²) in [6, 6.07) is 5.66. The van der Waals surface area contributed by atoms with Crippen LogP contribution in [0.4, 0.5) is 0 Å². The Labute approximate surface area is 159 Å². The number of piperidine rings is 1. The van der Waals surface area contributed by atoms with Crippen LogP contribution in [0.1, 0.15) is 18.4 Å². The van der Waals surface area contributed by atoms with E-state index in [2.05, 4.69) is 4.90 Å². The molecular weight excluding hydrogens is 352 g/mol. The molecule has 0 radical (unpaired) electrons. The van der Waals surface area contributed by atoms with Crippen molar-refractivity contribution in [1.82, 2.24) is 9.80 Å². The van der Waals surface area contributed by atoms with E-state index < -0.39 is 5.60 Å². The molecule has 2 heterocycles. The number of nitrogens with zero attached hydrogens (tertiary/aromatic N) is 2. The third-order valence-corrected chi connectivity index (χ3v) is 6.08. The third-order valence-electron chi connectivity index (χ3n) is 5.14. The Hall–Kier alpha value is -1.44. The molecule has 2 aliphatic rings. The number of ether oxygens (including phenoxy) is 2. The van der Waals surface area contributed by atoms with Crippen LogP contribution in [0.3, 0.4) is 0 Å². The smallest absolute Gasteiger partial charge is 0.256 e. The first-order valence-corrected chi connectivity index (χ1v) is 10.2. The Bertz CT molecular complexity index is 636. The summed E-state index contributed by atoms with van der Waals surface area (Å²) in [5.74, 6) is 3.25. The van der Waals surface area contributed by atoms with Crippen molar-refractivity contribution in [2.45, 2.75) is 25.0 Å². The molecule has 2 fully saturated rings. The number of likely N-dealkylation sites (tertiary alicyclic amines) is 1. The highest BCUT2D eigenvalue weighted by atomic mass is 32.2. The van der Waals surface area contributed by atoms with Gasteiger partial charge in [0.15, 0.2) is 17.1 Å². The molecule has 0 bridgehead atoms. The monoisotopic (exact) mass is 380 g/mol. The van der Waals surface area contributed by atoms with Crippen LogP contribution in [0, 0.1) is 0 Å². The zero-order valence-electron chi connectivity index (χ0n) is 15.6. The maximum Gasteiger partial charge on any atom is 0.256 e. The van der Waals surface area contributed by atoms with Gasteiger partial charge in [0.2, 0.25) is 0 Å². The highest BCUT2D eigenvalue weighted by molar-refractivity contribution is 7.99. The van der Waals surface area contributed by atoms with Crippen LogP contribution < -0.4 is 9.47 Å². The number of rotatable bonds is 6. The van der Waals surface area contributed by atoms with E-state index in [0.717, 1.165) is 36.6 Å². The molecule has 1 unspecified atom stereocenters. The van der Waals surface area contributed by atoms with E-state index in [4.69, 9.17) is 9.47 Å². The van der Waals surface area contributed by atoms with Crippen LogP contribution in [0.25, 0.3) is 0 Å². The Balaban J connectivity index is 1.73. The second kappa shape index (κ2) is 8.50. The van der Waals surface area contributed by atoms with Crippen LogP contribution in [-0.2, 0) is 11.3 Å². The molecular formula is C19H28N2O4S. The second-order valence-electron chi connectivity index (χ2n) is 6.90. The van der Waals surface area contributed by atoms with Gasteiger partial charge >= 0.3 is 0 Å². The summed E-state index contributed by atoms with van der Waals surface area (Å²) in [5.41, 5.74) is -0.398. The number of hydrogen-bond acceptors (Lipinski definition) is 6. The third kappa shape index (κ3) is 4.10. The number of para-hydroxylation sites is 1. The number of carbonyl (C=O) groups excluding carboxylic acids is 1. The number of aliphatic hydroxyl groups is 1. The molecule has 0 spiro atoms. The number of carbonyl (C=O) groups is 1. The van der Waals surface area contributed by atoms with Crippen LogP contribution in [0.2, 0.25) is 0 Å². The van der Waals surface area contributed by atoms with E-state index >= 15 is 0 Å². The minimum Gasteiger partial charge on any atom is -0.493 e. The van der Waals surface area contributed by atoms with Gasteiger partial charge in [0, 0.05) is 49.8 Å². The van der Waals surface area contributed by atoms with Gasteiger partial charge in [-0.2, -0.15) is 11.8 Å². The summed E-state index contributed by atoms with van der Waals surface area (Å²) in [6.07, 6.45) is 1.33. The molecule has 0 aliphatic carbocycles. The molecule has 1 atom stereocenters. The van der Waals surface area contributed by atoms with Crippen molar-refractivity contribution >= 4 is 17.7 Å². The first kappa shape index (κ1) is 19.3. The lowest BCUT2D eigenvalue weighted by Gasteiger charge is -2.41. The van der Waals surface area contributed by atoms with Crippen molar-refractivity contribution in [3.05, 3.63) is 23.8 Å². The summed E-state index contributed by atoms with van der Waals surface area (Å²) in [4.78, 5) is 17.0. The van der Waals surface area contributed by atoms with Crippen LogP contribution in [0.15, 0.2) is 18.2 Å². The Morgan fingerprint density at radius 2 is 1.96 bits per heavy atom. The number of benzene rings is 1. The van der Waals surface area contributed by atoms with Gasteiger partial charge in [0.1, 0.15) is 0 Å². The topological polar surface area (TPSA) is 62.2 Å². The SMILES string of the molecule is COc1cccc(CN2CCCC(O)(CN3CCSCC3)C2=O)c1OC. The molecule has 0 aromatic heterocycles. The van der Waals surface area contributed by atoms with Gasteiger partial charge < -0.3 is 19.5 Å². The fourth-order valence-corrected chi connectivity index (χ4v) is 4.75. The van der Waals surface area contributed by atoms with Crippen molar-refractivity contribution in [3.63, 3.8) is 0 Å². The minimum absolute atomic E-state index is 0.174. The quantitative estimate of drug-likeness (QED) is 0.809. The fraction of sp³-hybridized carbons (Fsp3) is 0.632. The van der Waals surface area contributed by atoms with Gasteiger partial charge in [-0.15, -0.1) is 0 Å². The molecule has 1 aromatic carbocycles. The summed E-state index contributed by atoms with van der Waals surface area (Å²) >= 11 is 1.93. The van der Waals surface area contributed by atoms with Gasteiger partial charge in [0.05, 0.1) is 14.2 Å². The average Bonchev–Trinajstić information content (AvgIpc) is 2.66. The first-order chi connectivity index (χ1) is 12.6. The molecule has 7 heteroatoms. The van der Waals surface area contributed by atoms with E-state index in [9.17, 15) is 9.90 Å². The van der Waals surface area contributed by atoms with E-state index in [-0.39, 0.29) is 5.91 Å². The highest BCUT2D eigenvalue weighted by Crippen LogP contribution is 2.33. The molecule has 26 heavy (non-hydrogen) atoms. The maximum atomic E-state index is 13.1. The van der Waals surface area contributed by atoms with Gasteiger partial charge in [-0.1, -0.05) is 12.1 Å². The number of thioether (sulfide) groups is 1. The van der Waals surface area contributed by atoms with Crippen molar-refractivity contribution < 1.29 is 19.4 Å². The normalized spacial score (nSPS) is 24.6. The summed E-state index contributed by atoms with van der Waals surface area (Å²) in [5, 5.41) is 11.1. The van der Waals surface area contributed by atoms with E-state index in [1.54, 1.807) is 19.1 Å². The molecule has 1 N–H and O–H groups in total. The zero-order chi connectivity index (χ0) is 18.6. The summed E-state index contributed by atoms with van der Waals surface area (Å²) in [7, 11) is 3.20. The zero-order valence-corrected chi connectivity index (χ0v) is 16.4. The Kier molecular flexibility index (Phi) is 6.32. The predicted octanol–water partition coefficient (Wildman–Crippen LogP) is 1.61. The van der Waals surface area contributed by atoms with Crippen LogP contribution >= 0.6 is 11.8 Å². The number of β-amino-alcohol motifs (C(OH)–C–C–N with tert-alkyl or cyclic N) is 1. The Morgan fingerprint density at radius 3 is 2.65 bits per heavy atom. The summed E-state index contributed by atoms with van der Waals surface area (Å²) in [6.45, 7) is 3.36. The molecule has 2 saturated heterocycles. The lowest BCUT2D eigenvalue weighted by atomic mass is 9.90. The van der Waals surface area contributed by atoms with Gasteiger partial charge in [0.25, 0.3) is 5.91 Å². The van der Waals surface area contributed by atoms with Crippen molar-refractivity contribution in [2.75, 3.05) is 51.9 Å². The highest BCUT2D eigenvalue weighted by Gasteiger charge is 2.43. The maximum absolute atomic E-state index is 13.1. The van der Waals surface area contributed by atoms with Crippen molar-refractivity contribution in [2.24, 2.45) is 0 Å². The minimum atomic E-state index is -1.29. The van der Waals surface area contributed by atoms with Crippen molar-refractivity contribution in [1.29, 1.82) is 0 Å². The second-order valence-corrected chi connectivity index (χ2v) is 8.13. The van der Waals surface area contributed by atoms with Gasteiger partial charge in [-0.25, -0.2) is 0 Å². The molecule has 1 aromatic rings. The van der Waals surface area contributed by atoms with Crippen molar-refractivity contribution in [3.8, 4) is 11.5 Å². The van der Waals surface area contributed by atoms with E-state index in [1.165, 1.54) is 0 Å². The van der Waals surface area contributed by atoms with Crippen LogP contribution in [0.5, 0.6) is 11.5 Å². The van der Waals surface area contributed by atoms with Gasteiger partial charge in [-0.3, -0.25) is 9.69 Å². The molecule has 6 nitrogen and oxygen atoms in total. The standard InChI is InChI=1S/C19H28N2O4S/c1-24-16-6-3-5-15(17(16)25-2)13-21-8-4-7-19(23,18(21)22)14-20-9-11-26-12-10-20/h3,5-6,23H,4,7-14H2,1-2H3. The molecule has 144 valence electrons. The number of methoxy groups -OCH3 is 2. The van der Waals surface area contributed by atoms with E-state index in [0.29, 0.717) is 37.6 Å². The number of hydrogen-bond donors (Lipinski definition) is 1. The first-order valence-electron chi connectivity index (χ1n) is 9.09. The largest absolute Gasteiger partial charge is 0.493 e. The fourth-order valence-electron chi connectivity index (χ4n) is 3.78. The predicted molar refractivity (Wildman–Crippen MR) is 103 cm³/mol. The molecule has 1 amide bonds. The summed E-state index contributed by atoms with van der Waals surface area (Å²) < 4.78 is 10.8. The van der Waals surface area contributed by atoms with E-state index in [1.807, 2.05) is 30.0 Å². The molecule has 2 aliphatic heterocycles. The number of amides is 1. The average molecular weight is 381 g/mol. The molecule has 3 rings (SSSR count). The Morgan fingerprint density at radius 1 is 1.19 bits per heavy atom. The van der Waals surface area contributed by atoms with Gasteiger partial charge in [-0.05, 0) is 18.9 Å². The molecule has 0 saturated carbocycles. The van der Waals surface area contributed by atoms with Crippen LogP contribution in [-0.4, -0.2) is 78.3 Å².